The Balaban J connectivity index is 2.12. The number of allylic oxidation sites excluding steroid dienone is 4. The van der Waals surface area contributed by atoms with Gasteiger partial charge in [-0.2, -0.15) is 0 Å². The normalized spacial score (nSPS) is 22.2. The molecule has 2 aliphatic rings. The van der Waals surface area contributed by atoms with Crippen LogP contribution in [-0.2, 0) is 6.42 Å². The lowest BCUT2D eigenvalue weighted by Gasteiger charge is -2.19. The van der Waals surface area contributed by atoms with Crippen LogP contribution in [0.25, 0.3) is 0 Å². The predicted octanol–water partition coefficient (Wildman–Crippen LogP) is 3.53. The summed E-state index contributed by atoms with van der Waals surface area (Å²) >= 11 is 0. The van der Waals surface area contributed by atoms with E-state index in [9.17, 15) is 13.9 Å². The van der Waals surface area contributed by atoms with Gasteiger partial charge in [-0.25, -0.2) is 8.78 Å². The molecule has 0 amide bonds. The Morgan fingerprint density at radius 3 is 2.83 bits per heavy atom. The third-order valence-corrected chi connectivity index (χ3v) is 3.44. The monoisotopic (exact) mass is 246 g/mol. The number of rotatable bonds is 0. The van der Waals surface area contributed by atoms with Crippen LogP contribution in [0.15, 0.2) is 53.4 Å². The van der Waals surface area contributed by atoms with Gasteiger partial charge < -0.3 is 5.11 Å². The van der Waals surface area contributed by atoms with Gasteiger partial charge in [-0.05, 0) is 46.9 Å². The van der Waals surface area contributed by atoms with E-state index in [1.54, 1.807) is 12.1 Å². The van der Waals surface area contributed by atoms with Gasteiger partial charge in [-0.3, -0.25) is 0 Å². The molecule has 1 N–H and O–H groups in total. The van der Waals surface area contributed by atoms with Crippen LogP contribution in [0, 0.1) is 5.82 Å². The van der Waals surface area contributed by atoms with E-state index in [1.165, 1.54) is 18.2 Å². The molecular formula is C15H12F2O. The van der Waals surface area contributed by atoms with Crippen LogP contribution in [0.4, 0.5) is 8.78 Å². The van der Waals surface area contributed by atoms with Crippen molar-refractivity contribution in [3.63, 3.8) is 0 Å². The van der Waals surface area contributed by atoms with Crippen molar-refractivity contribution in [2.45, 2.75) is 18.9 Å². The van der Waals surface area contributed by atoms with Crippen molar-refractivity contribution in [3.8, 4) is 0 Å². The summed E-state index contributed by atoms with van der Waals surface area (Å²) in [6.07, 6.45) is 4.77. The summed E-state index contributed by atoms with van der Waals surface area (Å²) in [4.78, 5) is 0. The Labute approximate surface area is 104 Å². The highest BCUT2D eigenvalue weighted by Crippen LogP contribution is 2.38. The summed E-state index contributed by atoms with van der Waals surface area (Å²) in [5, 5.41) is 10.3. The molecule has 0 aliphatic heterocycles. The smallest absolute Gasteiger partial charge is 0.123 e. The average molecular weight is 246 g/mol. The minimum Gasteiger partial charge on any atom is -0.384 e. The van der Waals surface area contributed by atoms with Crippen molar-refractivity contribution in [1.82, 2.24) is 0 Å². The molecule has 3 rings (SSSR count). The minimum absolute atomic E-state index is 0.208. The Morgan fingerprint density at radius 2 is 2.00 bits per heavy atom. The van der Waals surface area contributed by atoms with Crippen LogP contribution in [0.1, 0.15) is 23.7 Å². The number of hydrogen-bond acceptors (Lipinski definition) is 1. The van der Waals surface area contributed by atoms with Gasteiger partial charge in [0.1, 0.15) is 17.7 Å². The van der Waals surface area contributed by atoms with Crippen LogP contribution in [-0.4, -0.2) is 5.11 Å². The van der Waals surface area contributed by atoms with E-state index in [4.69, 9.17) is 0 Å². The van der Waals surface area contributed by atoms with E-state index < -0.39 is 6.10 Å². The zero-order valence-corrected chi connectivity index (χ0v) is 9.66. The zero-order valence-electron chi connectivity index (χ0n) is 9.66. The predicted molar refractivity (Wildman–Crippen MR) is 65.0 cm³/mol. The third kappa shape index (κ3) is 1.81. The molecule has 18 heavy (non-hydrogen) atoms. The fourth-order valence-corrected chi connectivity index (χ4v) is 2.51. The highest BCUT2D eigenvalue weighted by molar-refractivity contribution is 5.50. The fraction of sp³-hybridized carbons (Fsp3) is 0.200. The number of aliphatic hydroxyl groups excluding tert-OH is 1. The van der Waals surface area contributed by atoms with E-state index in [0.717, 1.165) is 11.1 Å². The van der Waals surface area contributed by atoms with E-state index in [0.29, 0.717) is 17.6 Å². The lowest BCUT2D eigenvalue weighted by molar-refractivity contribution is 0.217. The fourth-order valence-electron chi connectivity index (χ4n) is 2.51. The van der Waals surface area contributed by atoms with E-state index in [1.807, 2.05) is 6.08 Å². The Kier molecular flexibility index (Phi) is 2.63. The van der Waals surface area contributed by atoms with Gasteiger partial charge in [0.25, 0.3) is 0 Å². The number of hydrogen-bond donors (Lipinski definition) is 1. The van der Waals surface area contributed by atoms with E-state index in [2.05, 4.69) is 0 Å². The van der Waals surface area contributed by atoms with Crippen molar-refractivity contribution in [3.05, 3.63) is 70.3 Å². The van der Waals surface area contributed by atoms with Crippen LogP contribution in [0.5, 0.6) is 0 Å². The molecule has 1 nitrogen and oxygen atoms in total. The molecule has 0 spiro atoms. The van der Waals surface area contributed by atoms with Gasteiger partial charge in [0.2, 0.25) is 0 Å². The summed E-state index contributed by atoms with van der Waals surface area (Å²) in [6.45, 7) is 0. The molecule has 1 unspecified atom stereocenters. The topological polar surface area (TPSA) is 20.2 Å². The van der Waals surface area contributed by atoms with Crippen LogP contribution < -0.4 is 0 Å². The molecule has 0 radical (unpaired) electrons. The van der Waals surface area contributed by atoms with Gasteiger partial charge in [0, 0.05) is 6.42 Å². The molecule has 0 fully saturated rings. The second-order valence-corrected chi connectivity index (χ2v) is 4.59. The standard InChI is InChI=1S/C15H12F2O/c16-11-3-5-13-9(7-11)1-2-10-8-12(17)4-6-14(10)15(13)18/h1,3-6,8,15,18H,2,7H2. The minimum atomic E-state index is -0.807. The van der Waals surface area contributed by atoms with Crippen molar-refractivity contribution >= 4 is 0 Å². The molecule has 1 aromatic carbocycles. The highest BCUT2D eigenvalue weighted by atomic mass is 19.1. The molecule has 0 saturated heterocycles. The van der Waals surface area contributed by atoms with Gasteiger partial charge in [0.15, 0.2) is 0 Å². The first-order valence-electron chi connectivity index (χ1n) is 5.87. The summed E-state index contributed by atoms with van der Waals surface area (Å²) in [5.74, 6) is -0.531. The van der Waals surface area contributed by atoms with E-state index in [-0.39, 0.29) is 18.1 Å². The molecular weight excluding hydrogens is 234 g/mol. The van der Waals surface area contributed by atoms with Gasteiger partial charge in [0.05, 0.1) is 0 Å². The van der Waals surface area contributed by atoms with Crippen molar-refractivity contribution < 1.29 is 13.9 Å². The molecule has 0 saturated carbocycles. The molecule has 1 aromatic rings. The van der Waals surface area contributed by atoms with E-state index >= 15 is 0 Å². The first-order chi connectivity index (χ1) is 8.65. The molecule has 1 atom stereocenters. The maximum atomic E-state index is 13.2. The lowest BCUT2D eigenvalue weighted by Crippen LogP contribution is -2.06. The number of aliphatic hydroxyl groups is 1. The Hall–Kier alpha value is -1.74. The molecule has 2 aliphatic carbocycles. The molecule has 0 heterocycles. The van der Waals surface area contributed by atoms with Crippen molar-refractivity contribution in [2.75, 3.05) is 0 Å². The maximum Gasteiger partial charge on any atom is 0.123 e. The summed E-state index contributed by atoms with van der Waals surface area (Å²) in [5.41, 5.74) is 2.95. The summed E-state index contributed by atoms with van der Waals surface area (Å²) < 4.78 is 26.4. The second-order valence-electron chi connectivity index (χ2n) is 4.59. The Morgan fingerprint density at radius 1 is 1.17 bits per heavy atom. The lowest BCUT2D eigenvalue weighted by atomic mass is 9.91. The number of fused-ring (bicyclic) bond motifs is 2. The third-order valence-electron chi connectivity index (χ3n) is 3.44. The van der Waals surface area contributed by atoms with Gasteiger partial charge >= 0.3 is 0 Å². The first-order valence-corrected chi connectivity index (χ1v) is 5.87. The zero-order chi connectivity index (χ0) is 12.7. The summed E-state index contributed by atoms with van der Waals surface area (Å²) in [7, 11) is 0. The van der Waals surface area contributed by atoms with Crippen molar-refractivity contribution in [1.29, 1.82) is 0 Å². The SMILES string of the molecule is OC1C2=CC=C(F)CC2=CCc2cc(F)ccc21. The van der Waals surface area contributed by atoms with Crippen LogP contribution in [0.2, 0.25) is 0 Å². The molecule has 92 valence electrons. The number of benzene rings is 1. The quantitative estimate of drug-likeness (QED) is 0.742. The number of halogens is 2. The molecule has 3 heteroatoms. The van der Waals surface area contributed by atoms with Gasteiger partial charge in [-0.1, -0.05) is 18.2 Å². The molecule has 0 aromatic heterocycles. The first kappa shape index (κ1) is 11.4. The van der Waals surface area contributed by atoms with Crippen molar-refractivity contribution in [2.24, 2.45) is 0 Å². The Bertz CT molecular complexity index is 597. The summed E-state index contributed by atoms with van der Waals surface area (Å²) in [6, 6.07) is 4.37. The van der Waals surface area contributed by atoms with Crippen LogP contribution >= 0.6 is 0 Å². The second kappa shape index (κ2) is 4.18. The van der Waals surface area contributed by atoms with Crippen LogP contribution in [0.3, 0.4) is 0 Å². The van der Waals surface area contributed by atoms with Gasteiger partial charge in [-0.15, -0.1) is 0 Å². The highest BCUT2D eigenvalue weighted by Gasteiger charge is 2.25. The molecule has 0 bridgehead atoms. The maximum absolute atomic E-state index is 13.2. The largest absolute Gasteiger partial charge is 0.384 e. The average Bonchev–Trinajstić information content (AvgIpc) is 2.47.